The van der Waals surface area contributed by atoms with Gasteiger partial charge in [0.25, 0.3) is 0 Å². The Morgan fingerprint density at radius 3 is 2.69 bits per heavy atom. The second-order valence-corrected chi connectivity index (χ2v) is 4.48. The predicted octanol–water partition coefficient (Wildman–Crippen LogP) is 3.93. The zero-order valence-corrected chi connectivity index (χ0v) is 10.6. The molecule has 0 aliphatic rings. The van der Waals surface area contributed by atoms with Gasteiger partial charge in [-0.3, -0.25) is 0 Å². The van der Waals surface area contributed by atoms with E-state index in [9.17, 15) is 0 Å². The normalized spacial score (nSPS) is 10.5. The Hall–Kier alpha value is -1.18. The lowest BCUT2D eigenvalue weighted by molar-refractivity contribution is 0.272. The second kappa shape index (κ2) is 7.15. The van der Waals surface area contributed by atoms with Gasteiger partial charge in [-0.15, -0.1) is 0 Å². The van der Waals surface area contributed by atoms with Crippen LogP contribution in [0.5, 0.6) is 5.75 Å². The largest absolute Gasteiger partial charge is 0.491 e. The van der Waals surface area contributed by atoms with Gasteiger partial charge in [-0.25, -0.2) is 0 Å². The van der Waals surface area contributed by atoms with Gasteiger partial charge in [-0.1, -0.05) is 39.3 Å². The first-order valence-electron chi connectivity index (χ1n) is 6.19. The standard InChI is InChI=1S/C14H23NO/c1-4-5-10-15-13-8-6-7-9-14(13)16-11-12(2)3/h6-9,12,15H,4-5,10-11H2,1-3H3. The molecule has 1 rings (SSSR count). The number of unbranched alkanes of at least 4 members (excludes halogenated alkanes) is 1. The molecule has 2 heteroatoms. The van der Waals surface area contributed by atoms with Crippen LogP contribution in [-0.2, 0) is 0 Å². The Morgan fingerprint density at radius 1 is 1.25 bits per heavy atom. The van der Waals surface area contributed by atoms with Crippen molar-refractivity contribution in [3.63, 3.8) is 0 Å². The summed E-state index contributed by atoms with van der Waals surface area (Å²) in [5.74, 6) is 1.52. The highest BCUT2D eigenvalue weighted by Gasteiger charge is 2.02. The SMILES string of the molecule is CCCCNc1ccccc1OCC(C)C. The van der Waals surface area contributed by atoms with Crippen LogP contribution in [0.2, 0.25) is 0 Å². The third kappa shape index (κ3) is 4.56. The molecular weight excluding hydrogens is 198 g/mol. The molecule has 0 spiro atoms. The van der Waals surface area contributed by atoms with Crippen molar-refractivity contribution in [2.75, 3.05) is 18.5 Å². The van der Waals surface area contributed by atoms with Gasteiger partial charge in [0, 0.05) is 6.54 Å². The van der Waals surface area contributed by atoms with Crippen molar-refractivity contribution in [3.8, 4) is 5.75 Å². The van der Waals surface area contributed by atoms with Crippen LogP contribution in [0.15, 0.2) is 24.3 Å². The molecule has 0 atom stereocenters. The highest BCUT2D eigenvalue weighted by atomic mass is 16.5. The zero-order valence-electron chi connectivity index (χ0n) is 10.6. The smallest absolute Gasteiger partial charge is 0.142 e. The number of hydrogen-bond acceptors (Lipinski definition) is 2. The highest BCUT2D eigenvalue weighted by Crippen LogP contribution is 2.24. The number of hydrogen-bond donors (Lipinski definition) is 1. The average Bonchev–Trinajstić information content (AvgIpc) is 2.28. The van der Waals surface area contributed by atoms with Gasteiger partial charge in [0.1, 0.15) is 5.75 Å². The fourth-order valence-electron chi connectivity index (χ4n) is 1.39. The monoisotopic (exact) mass is 221 g/mol. The molecule has 0 aromatic heterocycles. The van der Waals surface area contributed by atoms with Crippen molar-refractivity contribution in [1.29, 1.82) is 0 Å². The third-order valence-electron chi connectivity index (χ3n) is 2.31. The molecule has 0 amide bonds. The van der Waals surface area contributed by atoms with Crippen LogP contribution in [0.1, 0.15) is 33.6 Å². The Bertz CT molecular complexity index is 297. The lowest BCUT2D eigenvalue weighted by Crippen LogP contribution is -2.08. The van der Waals surface area contributed by atoms with E-state index in [2.05, 4.69) is 32.2 Å². The lowest BCUT2D eigenvalue weighted by atomic mass is 10.2. The van der Waals surface area contributed by atoms with Gasteiger partial charge in [0.2, 0.25) is 0 Å². The number of nitrogens with one attached hydrogen (secondary N) is 1. The summed E-state index contributed by atoms with van der Waals surface area (Å²) in [6, 6.07) is 8.15. The quantitative estimate of drug-likeness (QED) is 0.704. The van der Waals surface area contributed by atoms with E-state index in [0.29, 0.717) is 5.92 Å². The predicted molar refractivity (Wildman–Crippen MR) is 70.2 cm³/mol. The molecule has 0 radical (unpaired) electrons. The molecule has 1 N–H and O–H groups in total. The molecule has 0 bridgehead atoms. The Kier molecular flexibility index (Phi) is 5.76. The number of para-hydroxylation sites is 2. The molecular formula is C14H23NO. The fourth-order valence-corrected chi connectivity index (χ4v) is 1.39. The first kappa shape index (κ1) is 12.9. The van der Waals surface area contributed by atoms with Gasteiger partial charge in [-0.2, -0.15) is 0 Å². The summed E-state index contributed by atoms with van der Waals surface area (Å²) in [6.45, 7) is 8.30. The van der Waals surface area contributed by atoms with E-state index < -0.39 is 0 Å². The maximum atomic E-state index is 5.77. The number of anilines is 1. The van der Waals surface area contributed by atoms with E-state index in [0.717, 1.165) is 24.6 Å². The molecule has 1 aromatic rings. The minimum absolute atomic E-state index is 0.559. The number of ether oxygens (including phenoxy) is 1. The average molecular weight is 221 g/mol. The Labute approximate surface area is 99.0 Å². The van der Waals surface area contributed by atoms with Gasteiger partial charge in [-0.05, 0) is 24.5 Å². The first-order valence-corrected chi connectivity index (χ1v) is 6.19. The van der Waals surface area contributed by atoms with Crippen LogP contribution in [0, 0.1) is 5.92 Å². The fraction of sp³-hybridized carbons (Fsp3) is 0.571. The second-order valence-electron chi connectivity index (χ2n) is 4.48. The van der Waals surface area contributed by atoms with Gasteiger partial charge in [0.05, 0.1) is 12.3 Å². The van der Waals surface area contributed by atoms with Crippen molar-refractivity contribution < 1.29 is 4.74 Å². The van der Waals surface area contributed by atoms with Crippen LogP contribution in [-0.4, -0.2) is 13.2 Å². The number of benzene rings is 1. The van der Waals surface area contributed by atoms with E-state index in [1.54, 1.807) is 0 Å². The van der Waals surface area contributed by atoms with Crippen molar-refractivity contribution in [2.24, 2.45) is 5.92 Å². The van der Waals surface area contributed by atoms with Crippen molar-refractivity contribution >= 4 is 5.69 Å². The van der Waals surface area contributed by atoms with E-state index in [-0.39, 0.29) is 0 Å². The third-order valence-corrected chi connectivity index (χ3v) is 2.31. The minimum atomic E-state index is 0.559. The van der Waals surface area contributed by atoms with Crippen LogP contribution >= 0.6 is 0 Å². The molecule has 1 aromatic carbocycles. The molecule has 0 unspecified atom stereocenters. The lowest BCUT2D eigenvalue weighted by Gasteiger charge is -2.14. The molecule has 0 aliphatic carbocycles. The van der Waals surface area contributed by atoms with E-state index in [1.165, 1.54) is 12.8 Å². The molecule has 2 nitrogen and oxygen atoms in total. The molecule has 0 saturated carbocycles. The van der Waals surface area contributed by atoms with E-state index >= 15 is 0 Å². The molecule has 90 valence electrons. The van der Waals surface area contributed by atoms with Gasteiger partial charge < -0.3 is 10.1 Å². The van der Waals surface area contributed by atoms with Crippen LogP contribution < -0.4 is 10.1 Å². The molecule has 0 fully saturated rings. The summed E-state index contributed by atoms with van der Waals surface area (Å²) >= 11 is 0. The highest BCUT2D eigenvalue weighted by molar-refractivity contribution is 5.56. The minimum Gasteiger partial charge on any atom is -0.491 e. The molecule has 0 aliphatic heterocycles. The number of rotatable bonds is 7. The van der Waals surface area contributed by atoms with Gasteiger partial charge >= 0.3 is 0 Å². The van der Waals surface area contributed by atoms with Crippen molar-refractivity contribution in [1.82, 2.24) is 0 Å². The van der Waals surface area contributed by atoms with Gasteiger partial charge in [0.15, 0.2) is 0 Å². The molecule has 0 saturated heterocycles. The Balaban J connectivity index is 2.53. The van der Waals surface area contributed by atoms with Crippen LogP contribution in [0.25, 0.3) is 0 Å². The maximum absolute atomic E-state index is 5.77. The zero-order chi connectivity index (χ0) is 11.8. The summed E-state index contributed by atoms with van der Waals surface area (Å²) in [4.78, 5) is 0. The topological polar surface area (TPSA) is 21.3 Å². The van der Waals surface area contributed by atoms with Crippen LogP contribution in [0.3, 0.4) is 0 Å². The first-order chi connectivity index (χ1) is 7.74. The molecule has 16 heavy (non-hydrogen) atoms. The van der Waals surface area contributed by atoms with Crippen LogP contribution in [0.4, 0.5) is 5.69 Å². The summed E-state index contributed by atoms with van der Waals surface area (Å²) < 4.78 is 5.77. The molecule has 0 heterocycles. The summed E-state index contributed by atoms with van der Waals surface area (Å²) in [6.07, 6.45) is 2.40. The van der Waals surface area contributed by atoms with E-state index in [1.807, 2.05) is 18.2 Å². The maximum Gasteiger partial charge on any atom is 0.142 e. The summed E-state index contributed by atoms with van der Waals surface area (Å²) in [5, 5.41) is 3.41. The summed E-state index contributed by atoms with van der Waals surface area (Å²) in [7, 11) is 0. The van der Waals surface area contributed by atoms with Crippen molar-refractivity contribution in [3.05, 3.63) is 24.3 Å². The Morgan fingerprint density at radius 2 is 2.00 bits per heavy atom. The van der Waals surface area contributed by atoms with E-state index in [4.69, 9.17) is 4.74 Å². The van der Waals surface area contributed by atoms with Crippen molar-refractivity contribution in [2.45, 2.75) is 33.6 Å². The summed E-state index contributed by atoms with van der Waals surface area (Å²) in [5.41, 5.74) is 1.11.